The number of hydrogen-bond acceptors (Lipinski definition) is 3. The van der Waals surface area contributed by atoms with E-state index >= 15 is 0 Å². The van der Waals surface area contributed by atoms with Crippen LogP contribution in [-0.4, -0.2) is 27.0 Å². The molecule has 0 aliphatic rings. The highest BCUT2D eigenvalue weighted by atomic mass is 16.4. The van der Waals surface area contributed by atoms with Gasteiger partial charge in [0.15, 0.2) is 0 Å². The Kier molecular flexibility index (Phi) is 4.29. The Bertz CT molecular complexity index is 887. The van der Waals surface area contributed by atoms with Gasteiger partial charge in [-0.15, -0.1) is 0 Å². The number of rotatable bonds is 5. The second kappa shape index (κ2) is 6.54. The zero-order valence-corrected chi connectivity index (χ0v) is 13.1. The highest BCUT2D eigenvalue weighted by Crippen LogP contribution is 2.20. The average Bonchev–Trinajstić information content (AvgIpc) is 3.00. The Balaban J connectivity index is 1.87. The summed E-state index contributed by atoms with van der Waals surface area (Å²) in [5.41, 5.74) is 3.00. The number of para-hydroxylation sites is 1. The van der Waals surface area contributed by atoms with Gasteiger partial charge in [-0.3, -0.25) is 14.6 Å². The van der Waals surface area contributed by atoms with Gasteiger partial charge >= 0.3 is 5.97 Å². The monoisotopic (exact) mass is 323 g/mol. The first kappa shape index (κ1) is 15.7. The van der Waals surface area contributed by atoms with Crippen molar-refractivity contribution in [1.82, 2.24) is 15.3 Å². The first-order valence-corrected chi connectivity index (χ1v) is 7.55. The fraction of sp³-hybridized carbons (Fsp3) is 0.167. The maximum atomic E-state index is 12.5. The summed E-state index contributed by atoms with van der Waals surface area (Å²) in [6.45, 7) is 1.96. The number of nitrogens with one attached hydrogen (secondary N) is 2. The first-order chi connectivity index (χ1) is 11.5. The first-order valence-electron chi connectivity index (χ1n) is 7.55. The smallest absolute Gasteiger partial charge is 0.305 e. The number of fused-ring (bicyclic) bond motifs is 1. The van der Waals surface area contributed by atoms with Crippen molar-refractivity contribution in [2.75, 3.05) is 0 Å². The summed E-state index contributed by atoms with van der Waals surface area (Å²) < 4.78 is 0. The number of aromatic amines is 1. The molecule has 0 spiro atoms. The van der Waals surface area contributed by atoms with Gasteiger partial charge in [0.05, 0.1) is 12.5 Å². The number of pyridine rings is 1. The molecule has 3 N–H and O–H groups in total. The number of H-pyrrole nitrogens is 1. The number of hydrogen-bond donors (Lipinski definition) is 3. The number of carboxylic acids is 1. The molecule has 6 nitrogen and oxygen atoms in total. The van der Waals surface area contributed by atoms with Gasteiger partial charge in [0.25, 0.3) is 5.91 Å². The number of nitrogens with zero attached hydrogens (tertiary/aromatic N) is 1. The Morgan fingerprint density at radius 2 is 2.12 bits per heavy atom. The second-order valence-corrected chi connectivity index (χ2v) is 5.63. The predicted molar refractivity (Wildman–Crippen MR) is 89.7 cm³/mol. The van der Waals surface area contributed by atoms with Crippen molar-refractivity contribution < 1.29 is 14.7 Å². The molecule has 1 unspecified atom stereocenters. The number of carboxylic acid groups (broad SMARTS) is 1. The van der Waals surface area contributed by atoms with E-state index in [9.17, 15) is 9.59 Å². The summed E-state index contributed by atoms with van der Waals surface area (Å²) >= 11 is 0. The molecular weight excluding hydrogens is 306 g/mol. The summed E-state index contributed by atoms with van der Waals surface area (Å²) in [6.07, 6.45) is 2.95. The number of amides is 1. The molecule has 0 aliphatic carbocycles. The molecule has 1 amide bonds. The van der Waals surface area contributed by atoms with Crippen LogP contribution in [0.5, 0.6) is 0 Å². The summed E-state index contributed by atoms with van der Waals surface area (Å²) in [7, 11) is 0. The summed E-state index contributed by atoms with van der Waals surface area (Å²) in [4.78, 5) is 30.7. The topological polar surface area (TPSA) is 95.1 Å². The van der Waals surface area contributed by atoms with Gasteiger partial charge < -0.3 is 15.4 Å². The molecule has 1 aromatic carbocycles. The minimum Gasteiger partial charge on any atom is -0.481 e. The van der Waals surface area contributed by atoms with Gasteiger partial charge in [-0.25, -0.2) is 0 Å². The Hall–Kier alpha value is -3.15. The van der Waals surface area contributed by atoms with E-state index in [1.54, 1.807) is 30.6 Å². The van der Waals surface area contributed by atoms with E-state index in [4.69, 9.17) is 5.11 Å². The van der Waals surface area contributed by atoms with Gasteiger partial charge in [-0.05, 0) is 30.2 Å². The molecule has 24 heavy (non-hydrogen) atoms. The highest BCUT2D eigenvalue weighted by Gasteiger charge is 2.20. The van der Waals surface area contributed by atoms with Crippen molar-refractivity contribution >= 4 is 22.8 Å². The minimum atomic E-state index is -0.989. The quantitative estimate of drug-likeness (QED) is 0.673. The van der Waals surface area contributed by atoms with E-state index in [1.807, 2.05) is 25.1 Å². The molecular formula is C18H17N3O3. The average molecular weight is 323 g/mol. The lowest BCUT2D eigenvalue weighted by molar-refractivity contribution is -0.137. The standard InChI is InChI=1S/C18H17N3O3/c1-11-4-2-5-12-8-15(20-17(11)12)18(24)21-14(9-16(22)23)13-6-3-7-19-10-13/h2-8,10,14,20H,9H2,1H3,(H,21,24)(H,22,23). The molecule has 0 saturated carbocycles. The van der Waals surface area contributed by atoms with Crippen molar-refractivity contribution in [2.45, 2.75) is 19.4 Å². The van der Waals surface area contributed by atoms with Crippen molar-refractivity contribution in [2.24, 2.45) is 0 Å². The summed E-state index contributed by atoms with van der Waals surface area (Å²) in [5, 5.41) is 12.8. The van der Waals surface area contributed by atoms with Gasteiger partial charge in [0.2, 0.25) is 0 Å². The molecule has 1 atom stereocenters. The van der Waals surface area contributed by atoms with Crippen LogP contribution in [0, 0.1) is 6.92 Å². The molecule has 0 aliphatic heterocycles. The SMILES string of the molecule is Cc1cccc2cc(C(=O)NC(CC(=O)O)c3cccnc3)[nH]c12. The van der Waals surface area contributed by atoms with E-state index in [0.717, 1.165) is 16.5 Å². The maximum absolute atomic E-state index is 12.5. The number of aliphatic carboxylic acids is 1. The van der Waals surface area contributed by atoms with E-state index in [1.165, 1.54) is 0 Å². The molecule has 2 aromatic heterocycles. The lowest BCUT2D eigenvalue weighted by Crippen LogP contribution is -2.30. The zero-order valence-electron chi connectivity index (χ0n) is 13.1. The van der Waals surface area contributed by atoms with Gasteiger partial charge in [-0.1, -0.05) is 24.3 Å². The molecule has 0 radical (unpaired) electrons. The number of aromatic nitrogens is 2. The molecule has 6 heteroatoms. The maximum Gasteiger partial charge on any atom is 0.305 e. The van der Waals surface area contributed by atoms with Crippen LogP contribution in [0.25, 0.3) is 10.9 Å². The number of benzene rings is 1. The van der Waals surface area contributed by atoms with Gasteiger partial charge in [0.1, 0.15) is 5.69 Å². The molecule has 0 bridgehead atoms. The molecule has 122 valence electrons. The molecule has 3 rings (SSSR count). The molecule has 0 saturated heterocycles. The Morgan fingerprint density at radius 1 is 1.29 bits per heavy atom. The number of aryl methyl sites for hydroxylation is 1. The lowest BCUT2D eigenvalue weighted by atomic mass is 10.1. The van der Waals surface area contributed by atoms with Crippen LogP contribution in [0.1, 0.15) is 34.1 Å². The largest absolute Gasteiger partial charge is 0.481 e. The zero-order chi connectivity index (χ0) is 17.1. The van der Waals surface area contributed by atoms with Crippen LogP contribution in [0.4, 0.5) is 0 Å². The van der Waals surface area contributed by atoms with Crippen LogP contribution in [0.3, 0.4) is 0 Å². The van der Waals surface area contributed by atoms with Crippen molar-refractivity contribution in [3.05, 3.63) is 65.6 Å². The van der Waals surface area contributed by atoms with Crippen LogP contribution >= 0.6 is 0 Å². The van der Waals surface area contributed by atoms with E-state index in [0.29, 0.717) is 11.3 Å². The lowest BCUT2D eigenvalue weighted by Gasteiger charge is -2.16. The van der Waals surface area contributed by atoms with Crippen LogP contribution in [-0.2, 0) is 4.79 Å². The van der Waals surface area contributed by atoms with Crippen LogP contribution < -0.4 is 5.32 Å². The predicted octanol–water partition coefficient (Wildman–Crippen LogP) is 2.82. The fourth-order valence-electron chi connectivity index (χ4n) is 2.67. The van der Waals surface area contributed by atoms with Crippen molar-refractivity contribution in [3.63, 3.8) is 0 Å². The summed E-state index contributed by atoms with van der Waals surface area (Å²) in [5.74, 6) is -1.34. The molecule has 3 aromatic rings. The number of carbonyl (C=O) groups is 2. The van der Waals surface area contributed by atoms with Crippen LogP contribution in [0.15, 0.2) is 48.8 Å². The summed E-state index contributed by atoms with van der Waals surface area (Å²) in [6, 6.07) is 10.4. The van der Waals surface area contributed by atoms with E-state index < -0.39 is 12.0 Å². The van der Waals surface area contributed by atoms with Crippen molar-refractivity contribution in [1.29, 1.82) is 0 Å². The van der Waals surface area contributed by atoms with Gasteiger partial charge in [0, 0.05) is 23.3 Å². The van der Waals surface area contributed by atoms with Gasteiger partial charge in [-0.2, -0.15) is 0 Å². The fourth-order valence-corrected chi connectivity index (χ4v) is 2.67. The molecule has 0 fully saturated rings. The third-order valence-corrected chi connectivity index (χ3v) is 3.88. The second-order valence-electron chi connectivity index (χ2n) is 5.63. The van der Waals surface area contributed by atoms with E-state index in [-0.39, 0.29) is 12.3 Å². The normalized spacial score (nSPS) is 12.0. The minimum absolute atomic E-state index is 0.212. The third kappa shape index (κ3) is 3.27. The highest BCUT2D eigenvalue weighted by molar-refractivity contribution is 5.99. The van der Waals surface area contributed by atoms with Crippen molar-refractivity contribution in [3.8, 4) is 0 Å². The molecule has 2 heterocycles. The van der Waals surface area contributed by atoms with Crippen LogP contribution in [0.2, 0.25) is 0 Å². The van der Waals surface area contributed by atoms with E-state index in [2.05, 4.69) is 15.3 Å². The third-order valence-electron chi connectivity index (χ3n) is 3.88. The number of carbonyl (C=O) groups excluding carboxylic acids is 1. The Labute approximate surface area is 138 Å². The Morgan fingerprint density at radius 3 is 2.79 bits per heavy atom.